The van der Waals surface area contributed by atoms with Crippen LogP contribution in [0.3, 0.4) is 0 Å². The molecule has 2 aromatic rings. The van der Waals surface area contributed by atoms with Crippen molar-refractivity contribution in [3.8, 4) is 5.75 Å². The number of amides is 1. The first-order valence-electron chi connectivity index (χ1n) is 7.49. The van der Waals surface area contributed by atoms with Gasteiger partial charge in [-0.1, -0.05) is 12.1 Å². The summed E-state index contributed by atoms with van der Waals surface area (Å²) in [6, 6.07) is 7.20. The van der Waals surface area contributed by atoms with Crippen molar-refractivity contribution in [2.45, 2.75) is 32.9 Å². The largest absolute Gasteiger partial charge is 0.491 e. The van der Waals surface area contributed by atoms with Crippen LogP contribution in [0.2, 0.25) is 0 Å². The molecule has 2 N–H and O–H groups in total. The number of nitrogens with one attached hydrogen (secondary N) is 1. The van der Waals surface area contributed by atoms with Crippen LogP contribution in [0.25, 0.3) is 0 Å². The van der Waals surface area contributed by atoms with Gasteiger partial charge in [0.25, 0.3) is 5.91 Å². The number of carbonyl (C=O) groups is 2. The van der Waals surface area contributed by atoms with E-state index in [1.54, 1.807) is 0 Å². The lowest BCUT2D eigenvalue weighted by atomic mass is 10.1. The number of carboxylic acids is 1. The van der Waals surface area contributed by atoms with E-state index in [2.05, 4.69) is 15.3 Å². The van der Waals surface area contributed by atoms with E-state index in [0.717, 1.165) is 23.7 Å². The third kappa shape index (κ3) is 4.52. The highest BCUT2D eigenvalue weighted by Crippen LogP contribution is 2.18. The van der Waals surface area contributed by atoms with E-state index in [0.29, 0.717) is 0 Å². The molecule has 7 nitrogen and oxygen atoms in total. The van der Waals surface area contributed by atoms with Gasteiger partial charge in [-0.05, 0) is 38.5 Å². The number of carbonyl (C=O) groups excluding carboxylic acids is 1. The van der Waals surface area contributed by atoms with Crippen molar-refractivity contribution in [1.29, 1.82) is 0 Å². The average molecular weight is 329 g/mol. The summed E-state index contributed by atoms with van der Waals surface area (Å²) in [5, 5.41) is 11.6. The number of benzene rings is 1. The zero-order chi connectivity index (χ0) is 17.7. The molecule has 24 heavy (non-hydrogen) atoms. The van der Waals surface area contributed by atoms with Crippen molar-refractivity contribution >= 4 is 11.9 Å². The molecular weight excluding hydrogens is 310 g/mol. The lowest BCUT2D eigenvalue weighted by Crippen LogP contribution is -2.27. The quantitative estimate of drug-likeness (QED) is 0.844. The first-order chi connectivity index (χ1) is 11.4. The van der Waals surface area contributed by atoms with Crippen LogP contribution in [0.15, 0.2) is 36.7 Å². The molecule has 0 saturated carbocycles. The minimum Gasteiger partial charge on any atom is -0.491 e. The van der Waals surface area contributed by atoms with Gasteiger partial charge in [0.05, 0.1) is 24.5 Å². The van der Waals surface area contributed by atoms with Crippen LogP contribution in [0.4, 0.5) is 0 Å². The van der Waals surface area contributed by atoms with E-state index < -0.39 is 11.9 Å². The molecular formula is C17H19N3O4. The number of rotatable bonds is 6. The van der Waals surface area contributed by atoms with Gasteiger partial charge in [-0.15, -0.1) is 0 Å². The molecule has 0 bridgehead atoms. The maximum absolute atomic E-state index is 12.1. The van der Waals surface area contributed by atoms with Crippen molar-refractivity contribution in [3.05, 3.63) is 53.6 Å². The van der Waals surface area contributed by atoms with Crippen LogP contribution in [-0.2, 0) is 0 Å². The average Bonchev–Trinajstić information content (AvgIpc) is 2.55. The van der Waals surface area contributed by atoms with E-state index in [9.17, 15) is 9.59 Å². The van der Waals surface area contributed by atoms with E-state index in [4.69, 9.17) is 9.84 Å². The third-order valence-electron chi connectivity index (χ3n) is 3.20. The Kier molecular flexibility index (Phi) is 5.47. The third-order valence-corrected chi connectivity index (χ3v) is 3.20. The predicted octanol–water partition coefficient (Wildman–Crippen LogP) is 2.45. The second kappa shape index (κ2) is 7.54. The Morgan fingerprint density at radius 3 is 2.12 bits per heavy atom. The van der Waals surface area contributed by atoms with Crippen LogP contribution < -0.4 is 10.1 Å². The van der Waals surface area contributed by atoms with Gasteiger partial charge in [-0.25, -0.2) is 14.8 Å². The Morgan fingerprint density at radius 1 is 1.04 bits per heavy atom. The van der Waals surface area contributed by atoms with Crippen LogP contribution in [-0.4, -0.2) is 33.1 Å². The molecule has 0 radical (unpaired) electrons. The number of aromatic carboxylic acids is 1. The highest BCUT2D eigenvalue weighted by Gasteiger charge is 2.14. The molecule has 0 spiro atoms. The maximum Gasteiger partial charge on any atom is 0.356 e. The fourth-order valence-corrected chi connectivity index (χ4v) is 2.02. The van der Waals surface area contributed by atoms with Gasteiger partial charge in [0, 0.05) is 0 Å². The minimum atomic E-state index is -1.19. The molecule has 1 heterocycles. The zero-order valence-electron chi connectivity index (χ0n) is 13.7. The topological polar surface area (TPSA) is 101 Å². The van der Waals surface area contributed by atoms with E-state index >= 15 is 0 Å². The number of ether oxygens (including phenoxy) is 1. The molecule has 2 rings (SSSR count). The summed E-state index contributed by atoms with van der Waals surface area (Å²) in [5.41, 5.74) is 0.765. The smallest absolute Gasteiger partial charge is 0.356 e. The SMILES string of the molecule is CC(C)Oc1ccc(C(C)NC(=O)c2cnc(C(=O)O)cn2)cc1. The van der Waals surface area contributed by atoms with Gasteiger partial charge in [0.1, 0.15) is 11.4 Å². The van der Waals surface area contributed by atoms with Gasteiger partial charge in [0.2, 0.25) is 0 Å². The number of aromatic nitrogens is 2. The van der Waals surface area contributed by atoms with Crippen LogP contribution >= 0.6 is 0 Å². The van der Waals surface area contributed by atoms with Gasteiger partial charge in [-0.3, -0.25) is 4.79 Å². The molecule has 1 amide bonds. The van der Waals surface area contributed by atoms with Crippen molar-refractivity contribution in [1.82, 2.24) is 15.3 Å². The summed E-state index contributed by atoms with van der Waals surface area (Å²) in [4.78, 5) is 30.4. The predicted molar refractivity (Wildman–Crippen MR) is 87.1 cm³/mol. The lowest BCUT2D eigenvalue weighted by molar-refractivity contribution is 0.0689. The molecule has 7 heteroatoms. The van der Waals surface area contributed by atoms with Crippen molar-refractivity contribution < 1.29 is 19.4 Å². The molecule has 0 aliphatic rings. The normalized spacial score (nSPS) is 11.8. The molecule has 1 aromatic heterocycles. The summed E-state index contributed by atoms with van der Waals surface area (Å²) in [5.74, 6) is -0.844. The zero-order valence-corrected chi connectivity index (χ0v) is 13.7. The molecule has 1 aromatic carbocycles. The highest BCUT2D eigenvalue weighted by molar-refractivity contribution is 5.93. The fourth-order valence-electron chi connectivity index (χ4n) is 2.02. The molecule has 0 aliphatic carbocycles. The molecule has 1 unspecified atom stereocenters. The van der Waals surface area contributed by atoms with Crippen LogP contribution in [0, 0.1) is 0 Å². The van der Waals surface area contributed by atoms with E-state index in [1.807, 2.05) is 45.0 Å². The number of hydrogen-bond acceptors (Lipinski definition) is 5. The van der Waals surface area contributed by atoms with E-state index in [-0.39, 0.29) is 23.5 Å². The molecule has 0 fully saturated rings. The monoisotopic (exact) mass is 329 g/mol. The highest BCUT2D eigenvalue weighted by atomic mass is 16.5. The van der Waals surface area contributed by atoms with Gasteiger partial charge >= 0.3 is 5.97 Å². The first-order valence-corrected chi connectivity index (χ1v) is 7.49. The fraction of sp³-hybridized carbons (Fsp3) is 0.294. The number of carboxylic acid groups (broad SMARTS) is 1. The maximum atomic E-state index is 12.1. The molecule has 0 saturated heterocycles. The molecule has 126 valence electrons. The Labute approximate surface area is 139 Å². The Morgan fingerprint density at radius 2 is 1.62 bits per heavy atom. The molecule has 1 atom stereocenters. The van der Waals surface area contributed by atoms with Gasteiger partial charge in [0.15, 0.2) is 5.69 Å². The first kappa shape index (κ1) is 17.4. The number of hydrogen-bond donors (Lipinski definition) is 2. The Balaban J connectivity index is 2.01. The summed E-state index contributed by atoms with van der Waals surface area (Å²) in [6.45, 7) is 5.75. The second-order valence-corrected chi connectivity index (χ2v) is 5.52. The molecule has 0 aliphatic heterocycles. The van der Waals surface area contributed by atoms with Crippen LogP contribution in [0.5, 0.6) is 5.75 Å². The standard InChI is InChI=1S/C17H19N3O4/c1-10(2)24-13-6-4-12(5-7-13)11(3)20-16(21)14-8-19-15(9-18-14)17(22)23/h4-11H,1-3H3,(H,20,21)(H,22,23). The Bertz CT molecular complexity index is 712. The van der Waals surface area contributed by atoms with Crippen LogP contribution in [0.1, 0.15) is 53.4 Å². The minimum absolute atomic E-state index is 0.0617. The van der Waals surface area contributed by atoms with Crippen molar-refractivity contribution in [2.75, 3.05) is 0 Å². The van der Waals surface area contributed by atoms with Crippen molar-refractivity contribution in [2.24, 2.45) is 0 Å². The summed E-state index contributed by atoms with van der Waals surface area (Å²) in [7, 11) is 0. The van der Waals surface area contributed by atoms with E-state index in [1.165, 1.54) is 0 Å². The summed E-state index contributed by atoms with van der Waals surface area (Å²) in [6.07, 6.45) is 2.30. The number of nitrogens with zero attached hydrogens (tertiary/aromatic N) is 2. The second-order valence-electron chi connectivity index (χ2n) is 5.52. The Hall–Kier alpha value is -2.96. The van der Waals surface area contributed by atoms with Crippen molar-refractivity contribution in [3.63, 3.8) is 0 Å². The summed E-state index contributed by atoms with van der Waals surface area (Å²) < 4.78 is 5.58. The lowest BCUT2D eigenvalue weighted by Gasteiger charge is -2.15. The van der Waals surface area contributed by atoms with Gasteiger partial charge in [-0.2, -0.15) is 0 Å². The summed E-state index contributed by atoms with van der Waals surface area (Å²) >= 11 is 0. The van der Waals surface area contributed by atoms with Gasteiger partial charge < -0.3 is 15.2 Å².